The molecule has 0 amide bonds. The highest BCUT2D eigenvalue weighted by atomic mass is 19.4. The van der Waals surface area contributed by atoms with Crippen molar-refractivity contribution in [2.45, 2.75) is 59.0 Å². The Hall–Kier alpha value is -3.46. The lowest BCUT2D eigenvalue weighted by atomic mass is 9.72. The van der Waals surface area contributed by atoms with Gasteiger partial charge in [-0.05, 0) is 67.9 Å². The van der Waals surface area contributed by atoms with Gasteiger partial charge in [0.2, 0.25) is 0 Å². The minimum atomic E-state index is -4.40. The Kier molecular flexibility index (Phi) is 6.66. The third kappa shape index (κ3) is 5.05. The standard InChI is InChI=1S/C28H30F3N5O/c1-16-4-7-20(14-37)23(12-16)27-35-26-24(25(32-15-33-26)34-18(3)21-10-17(2)11-21)36(27)13-19-5-8-22(9-6-19)28(29,30)31/h4-9,12,15,17-18,21,37H,10-11,13-14H2,1-3H3,(H,32,33,34). The molecule has 0 radical (unpaired) electrons. The molecule has 2 aromatic carbocycles. The van der Waals surface area contributed by atoms with Crippen molar-refractivity contribution in [2.24, 2.45) is 11.8 Å². The van der Waals surface area contributed by atoms with Gasteiger partial charge in [0.05, 0.1) is 12.2 Å². The van der Waals surface area contributed by atoms with Gasteiger partial charge in [-0.2, -0.15) is 13.2 Å². The predicted molar refractivity (Wildman–Crippen MR) is 137 cm³/mol. The maximum atomic E-state index is 13.1. The number of benzene rings is 2. The highest BCUT2D eigenvalue weighted by Gasteiger charge is 2.32. The van der Waals surface area contributed by atoms with Crippen LogP contribution in [0.2, 0.25) is 0 Å². The van der Waals surface area contributed by atoms with E-state index >= 15 is 0 Å². The molecule has 1 unspecified atom stereocenters. The molecule has 194 valence electrons. The molecular formula is C28H30F3N5O. The van der Waals surface area contributed by atoms with Gasteiger partial charge in [-0.15, -0.1) is 0 Å². The topological polar surface area (TPSA) is 75.9 Å². The lowest BCUT2D eigenvalue weighted by Gasteiger charge is -2.37. The summed E-state index contributed by atoms with van der Waals surface area (Å²) in [5, 5.41) is 13.6. The maximum Gasteiger partial charge on any atom is 0.416 e. The summed E-state index contributed by atoms with van der Waals surface area (Å²) in [5.74, 6) is 2.48. The normalized spacial score (nSPS) is 18.6. The quantitative estimate of drug-likeness (QED) is 0.310. The summed E-state index contributed by atoms with van der Waals surface area (Å²) >= 11 is 0. The molecule has 6 nitrogen and oxygen atoms in total. The summed E-state index contributed by atoms with van der Waals surface area (Å²) < 4.78 is 41.4. The Morgan fingerprint density at radius 3 is 2.49 bits per heavy atom. The first kappa shape index (κ1) is 25.2. The Morgan fingerprint density at radius 2 is 1.84 bits per heavy atom. The number of halogens is 3. The molecule has 0 spiro atoms. The van der Waals surface area contributed by atoms with Crippen molar-refractivity contribution in [1.29, 1.82) is 0 Å². The van der Waals surface area contributed by atoms with Crippen molar-refractivity contribution < 1.29 is 18.3 Å². The number of hydrogen-bond acceptors (Lipinski definition) is 5. The van der Waals surface area contributed by atoms with Gasteiger partial charge in [0, 0.05) is 18.2 Å². The summed E-state index contributed by atoms with van der Waals surface area (Å²) in [6, 6.07) is 11.1. The van der Waals surface area contributed by atoms with E-state index in [4.69, 9.17) is 4.98 Å². The molecule has 37 heavy (non-hydrogen) atoms. The highest BCUT2D eigenvalue weighted by molar-refractivity contribution is 5.87. The largest absolute Gasteiger partial charge is 0.416 e. The van der Waals surface area contributed by atoms with Crippen LogP contribution in [0.4, 0.5) is 19.0 Å². The van der Waals surface area contributed by atoms with Crippen LogP contribution in [0, 0.1) is 18.8 Å². The second kappa shape index (κ2) is 9.78. The molecule has 2 heterocycles. The summed E-state index contributed by atoms with van der Waals surface area (Å²) in [5.41, 5.74) is 3.61. The monoisotopic (exact) mass is 509 g/mol. The number of anilines is 1. The van der Waals surface area contributed by atoms with Gasteiger partial charge in [0.1, 0.15) is 17.7 Å². The molecule has 2 N–H and O–H groups in total. The smallest absolute Gasteiger partial charge is 0.392 e. The molecule has 4 aromatic rings. The van der Waals surface area contributed by atoms with Gasteiger partial charge >= 0.3 is 6.18 Å². The van der Waals surface area contributed by atoms with Gasteiger partial charge in [0.25, 0.3) is 0 Å². The van der Waals surface area contributed by atoms with Crippen LogP contribution in [-0.4, -0.2) is 30.7 Å². The Balaban J connectivity index is 1.63. The van der Waals surface area contributed by atoms with E-state index in [9.17, 15) is 18.3 Å². The van der Waals surface area contributed by atoms with E-state index < -0.39 is 11.7 Å². The predicted octanol–water partition coefficient (Wildman–Crippen LogP) is 6.21. The van der Waals surface area contributed by atoms with Crippen LogP contribution in [-0.2, 0) is 19.3 Å². The number of aromatic nitrogens is 4. The van der Waals surface area contributed by atoms with E-state index in [0.717, 1.165) is 42.0 Å². The first-order valence-electron chi connectivity index (χ1n) is 12.5. The minimum absolute atomic E-state index is 0.174. The number of hydrogen-bond donors (Lipinski definition) is 2. The highest BCUT2D eigenvalue weighted by Crippen LogP contribution is 2.38. The Bertz CT molecular complexity index is 1410. The van der Waals surface area contributed by atoms with Crippen LogP contribution in [0.5, 0.6) is 0 Å². The number of aliphatic hydroxyl groups excluding tert-OH is 1. The zero-order valence-electron chi connectivity index (χ0n) is 21.0. The minimum Gasteiger partial charge on any atom is -0.392 e. The van der Waals surface area contributed by atoms with E-state index in [-0.39, 0.29) is 19.2 Å². The summed E-state index contributed by atoms with van der Waals surface area (Å²) in [6.07, 6.45) is -0.616. The Labute approximate surface area is 213 Å². The molecule has 0 aliphatic heterocycles. The van der Waals surface area contributed by atoms with Crippen LogP contribution in [0.1, 0.15) is 48.9 Å². The maximum absolute atomic E-state index is 13.1. The summed E-state index contributed by atoms with van der Waals surface area (Å²) in [6.45, 7) is 6.44. The number of nitrogens with zero attached hydrogens (tertiary/aromatic N) is 4. The van der Waals surface area contributed by atoms with Gasteiger partial charge in [-0.3, -0.25) is 0 Å². The number of rotatable bonds is 7. The average molecular weight is 510 g/mol. The first-order chi connectivity index (χ1) is 17.6. The van der Waals surface area contributed by atoms with E-state index in [2.05, 4.69) is 29.1 Å². The SMILES string of the molecule is Cc1ccc(CO)c(-c2nc3ncnc(NC(C)C4CC(C)C4)c3n2Cc2ccc(C(F)(F)F)cc2)c1. The van der Waals surface area contributed by atoms with Crippen molar-refractivity contribution in [3.8, 4) is 11.4 Å². The second-order valence-corrected chi connectivity index (χ2v) is 10.2. The van der Waals surface area contributed by atoms with Crippen molar-refractivity contribution in [3.63, 3.8) is 0 Å². The van der Waals surface area contributed by atoms with Crippen molar-refractivity contribution in [2.75, 3.05) is 5.32 Å². The fourth-order valence-electron chi connectivity index (χ4n) is 5.16. The molecule has 1 fully saturated rings. The van der Waals surface area contributed by atoms with Gasteiger partial charge in [0.15, 0.2) is 11.5 Å². The third-order valence-electron chi connectivity index (χ3n) is 7.32. The summed E-state index contributed by atoms with van der Waals surface area (Å²) in [4.78, 5) is 13.8. The van der Waals surface area contributed by atoms with E-state index in [1.165, 1.54) is 18.5 Å². The van der Waals surface area contributed by atoms with Crippen molar-refractivity contribution in [3.05, 3.63) is 71.0 Å². The third-order valence-corrected chi connectivity index (χ3v) is 7.32. The number of fused-ring (bicyclic) bond motifs is 1. The van der Waals surface area contributed by atoms with Crippen molar-refractivity contribution in [1.82, 2.24) is 19.5 Å². The average Bonchev–Trinajstić information content (AvgIpc) is 3.20. The van der Waals surface area contributed by atoms with Crippen LogP contribution < -0.4 is 5.32 Å². The van der Waals surface area contributed by atoms with Gasteiger partial charge in [-0.25, -0.2) is 15.0 Å². The fraction of sp³-hybridized carbons (Fsp3) is 0.393. The molecule has 5 rings (SSSR count). The zero-order valence-corrected chi connectivity index (χ0v) is 21.0. The molecule has 1 saturated carbocycles. The van der Waals surface area contributed by atoms with E-state index in [1.54, 1.807) is 0 Å². The number of imidazole rings is 1. The van der Waals surface area contributed by atoms with Crippen LogP contribution >= 0.6 is 0 Å². The molecule has 1 aliphatic rings. The lowest BCUT2D eigenvalue weighted by molar-refractivity contribution is -0.137. The number of alkyl halides is 3. The molecule has 1 atom stereocenters. The van der Waals surface area contributed by atoms with E-state index in [1.807, 2.05) is 29.7 Å². The molecule has 0 bridgehead atoms. The van der Waals surface area contributed by atoms with Crippen LogP contribution in [0.25, 0.3) is 22.6 Å². The molecule has 2 aromatic heterocycles. The van der Waals surface area contributed by atoms with Crippen molar-refractivity contribution >= 4 is 17.0 Å². The summed E-state index contributed by atoms with van der Waals surface area (Å²) in [7, 11) is 0. The number of nitrogens with one attached hydrogen (secondary N) is 1. The molecule has 9 heteroatoms. The van der Waals surface area contributed by atoms with Crippen LogP contribution in [0.3, 0.4) is 0 Å². The van der Waals surface area contributed by atoms with Crippen LogP contribution in [0.15, 0.2) is 48.8 Å². The second-order valence-electron chi connectivity index (χ2n) is 10.2. The van der Waals surface area contributed by atoms with E-state index in [0.29, 0.717) is 39.9 Å². The number of aryl methyl sites for hydroxylation is 1. The molecule has 1 aliphatic carbocycles. The number of aliphatic hydroxyl groups is 1. The van der Waals surface area contributed by atoms with Gasteiger partial charge in [-0.1, -0.05) is 36.8 Å². The molecule has 0 saturated heterocycles. The lowest BCUT2D eigenvalue weighted by Crippen LogP contribution is -2.35. The van der Waals surface area contributed by atoms with Gasteiger partial charge < -0.3 is 15.0 Å². The fourth-order valence-corrected chi connectivity index (χ4v) is 5.16. The zero-order chi connectivity index (χ0) is 26.3. The Morgan fingerprint density at radius 1 is 1.11 bits per heavy atom. The first-order valence-corrected chi connectivity index (χ1v) is 12.5. The molecular weight excluding hydrogens is 479 g/mol.